The van der Waals surface area contributed by atoms with Gasteiger partial charge in [-0.15, -0.1) is 0 Å². The van der Waals surface area contributed by atoms with Crippen LogP contribution in [0.1, 0.15) is 12.0 Å². The summed E-state index contributed by atoms with van der Waals surface area (Å²) in [6.07, 6.45) is 2.23. The highest BCUT2D eigenvalue weighted by Gasteiger charge is 2.30. The molecule has 0 aliphatic carbocycles. The highest BCUT2D eigenvalue weighted by atomic mass is 32.2. The van der Waals surface area contributed by atoms with Gasteiger partial charge in [0.25, 0.3) is 0 Å². The van der Waals surface area contributed by atoms with Gasteiger partial charge in [0.2, 0.25) is 0 Å². The predicted molar refractivity (Wildman–Crippen MR) is 121 cm³/mol. The minimum atomic E-state index is -0.983. The van der Waals surface area contributed by atoms with E-state index in [-0.39, 0.29) is 6.10 Å². The molecule has 0 bridgehead atoms. The van der Waals surface area contributed by atoms with E-state index in [1.54, 1.807) is 7.11 Å². The molecule has 1 aliphatic heterocycles. The lowest BCUT2D eigenvalue weighted by atomic mass is 9.95. The van der Waals surface area contributed by atoms with Crippen LogP contribution in [-0.4, -0.2) is 47.7 Å². The lowest BCUT2D eigenvalue weighted by molar-refractivity contribution is 0.00242. The van der Waals surface area contributed by atoms with E-state index in [1.165, 1.54) is 16.3 Å². The molecule has 0 N–H and O–H groups in total. The van der Waals surface area contributed by atoms with E-state index in [2.05, 4.69) is 47.4 Å². The molecule has 4 rings (SSSR count). The first-order valence-electron chi connectivity index (χ1n) is 10.4. The van der Waals surface area contributed by atoms with E-state index in [9.17, 15) is 4.21 Å². The first-order chi connectivity index (χ1) is 14.2. The second kappa shape index (κ2) is 9.66. The van der Waals surface area contributed by atoms with Crippen LogP contribution < -0.4 is 0 Å². The van der Waals surface area contributed by atoms with Crippen molar-refractivity contribution in [2.75, 3.05) is 32.5 Å². The van der Waals surface area contributed by atoms with E-state index in [1.807, 2.05) is 30.3 Å². The number of fused-ring (bicyclic) bond motifs is 1. The number of nitrogens with zero attached hydrogens (tertiary/aromatic N) is 1. The van der Waals surface area contributed by atoms with Crippen LogP contribution in [-0.2, 0) is 22.0 Å². The normalized spacial score (nSPS) is 21.3. The van der Waals surface area contributed by atoms with E-state index >= 15 is 0 Å². The van der Waals surface area contributed by atoms with Crippen molar-refractivity contribution in [1.82, 2.24) is 4.90 Å². The monoisotopic (exact) mass is 407 g/mol. The van der Waals surface area contributed by atoms with Crippen LogP contribution in [0.3, 0.4) is 0 Å². The Morgan fingerprint density at radius 2 is 1.76 bits per heavy atom. The molecule has 1 heterocycles. The molecule has 3 unspecified atom stereocenters. The Hall–Kier alpha value is -2.01. The maximum atomic E-state index is 12.8. The van der Waals surface area contributed by atoms with Gasteiger partial charge in [-0.25, -0.2) is 0 Å². The Balaban J connectivity index is 1.40. The van der Waals surface area contributed by atoms with Crippen LogP contribution in [0.15, 0.2) is 77.7 Å². The summed E-state index contributed by atoms with van der Waals surface area (Å²) < 4.78 is 18.6. The van der Waals surface area contributed by atoms with Gasteiger partial charge in [0.1, 0.15) is 0 Å². The molecule has 0 saturated carbocycles. The molecule has 1 fully saturated rings. The van der Waals surface area contributed by atoms with E-state index < -0.39 is 10.8 Å². The van der Waals surface area contributed by atoms with Gasteiger partial charge in [-0.3, -0.25) is 4.21 Å². The maximum absolute atomic E-state index is 12.8. The van der Waals surface area contributed by atoms with E-state index in [0.29, 0.717) is 11.7 Å². The number of benzene rings is 3. The second-order valence-corrected chi connectivity index (χ2v) is 9.33. The fourth-order valence-corrected chi connectivity index (χ4v) is 5.77. The SMILES string of the molecule is COC1CCN(CCc2cccc3ccccc23)CC1CS(=O)c1ccccc1. The number of ether oxygens (including phenoxy) is 1. The Bertz CT molecular complexity index is 954. The zero-order valence-corrected chi connectivity index (χ0v) is 17.8. The van der Waals surface area contributed by atoms with Crippen LogP contribution >= 0.6 is 0 Å². The first-order valence-corrected chi connectivity index (χ1v) is 11.7. The molecule has 1 aliphatic rings. The van der Waals surface area contributed by atoms with Crippen molar-refractivity contribution in [3.8, 4) is 0 Å². The summed E-state index contributed by atoms with van der Waals surface area (Å²) in [5.74, 6) is 0.954. The average Bonchev–Trinajstić information content (AvgIpc) is 2.78. The highest BCUT2D eigenvalue weighted by Crippen LogP contribution is 2.24. The summed E-state index contributed by atoms with van der Waals surface area (Å²) in [5, 5.41) is 2.66. The van der Waals surface area contributed by atoms with Crippen molar-refractivity contribution >= 4 is 21.6 Å². The van der Waals surface area contributed by atoms with Crippen LogP contribution in [0, 0.1) is 5.92 Å². The quantitative estimate of drug-likeness (QED) is 0.576. The Kier molecular flexibility index (Phi) is 6.75. The lowest BCUT2D eigenvalue weighted by Gasteiger charge is -2.37. The Morgan fingerprint density at radius 1 is 1.00 bits per heavy atom. The molecule has 3 aromatic carbocycles. The summed E-state index contributed by atoms with van der Waals surface area (Å²) in [6, 6.07) is 25.0. The topological polar surface area (TPSA) is 29.5 Å². The molecule has 1 saturated heterocycles. The molecule has 4 heteroatoms. The first kappa shape index (κ1) is 20.3. The number of piperidine rings is 1. The van der Waals surface area contributed by atoms with Gasteiger partial charge in [-0.1, -0.05) is 60.7 Å². The molecule has 0 amide bonds. The number of hydrogen-bond acceptors (Lipinski definition) is 3. The smallest absolute Gasteiger partial charge is 0.0632 e. The van der Waals surface area contributed by atoms with Crippen LogP contribution in [0.25, 0.3) is 10.8 Å². The van der Waals surface area contributed by atoms with E-state index in [4.69, 9.17) is 4.74 Å². The zero-order chi connectivity index (χ0) is 20.1. The van der Waals surface area contributed by atoms with Crippen molar-refractivity contribution < 1.29 is 8.95 Å². The minimum Gasteiger partial charge on any atom is -0.381 e. The van der Waals surface area contributed by atoms with Gasteiger partial charge in [0.05, 0.1) is 16.9 Å². The molecular formula is C25H29NO2S. The van der Waals surface area contributed by atoms with E-state index in [0.717, 1.165) is 37.4 Å². The fraction of sp³-hybridized carbons (Fsp3) is 0.360. The molecule has 152 valence electrons. The van der Waals surface area contributed by atoms with Crippen LogP contribution in [0.2, 0.25) is 0 Å². The zero-order valence-electron chi connectivity index (χ0n) is 17.0. The molecule has 3 aromatic rings. The Morgan fingerprint density at radius 3 is 2.59 bits per heavy atom. The van der Waals surface area contributed by atoms with Crippen LogP contribution in [0.5, 0.6) is 0 Å². The molecule has 3 atom stereocenters. The molecule has 0 spiro atoms. The van der Waals surface area contributed by atoms with Crippen molar-refractivity contribution in [2.45, 2.75) is 23.8 Å². The summed E-state index contributed by atoms with van der Waals surface area (Å²) in [6.45, 7) is 3.01. The summed E-state index contributed by atoms with van der Waals surface area (Å²) in [5.41, 5.74) is 1.40. The summed E-state index contributed by atoms with van der Waals surface area (Å²) >= 11 is 0. The van der Waals surface area contributed by atoms with Gasteiger partial charge in [-0.05, 0) is 41.3 Å². The Labute approximate surface area is 176 Å². The maximum Gasteiger partial charge on any atom is 0.0632 e. The lowest BCUT2D eigenvalue weighted by Crippen LogP contribution is -2.46. The molecule has 3 nitrogen and oxygen atoms in total. The van der Waals surface area contributed by atoms with Crippen LogP contribution in [0.4, 0.5) is 0 Å². The molecule has 0 aromatic heterocycles. The minimum absolute atomic E-state index is 0.191. The average molecular weight is 408 g/mol. The second-order valence-electron chi connectivity index (χ2n) is 7.84. The van der Waals surface area contributed by atoms with Gasteiger partial charge in [-0.2, -0.15) is 0 Å². The molecule has 29 heavy (non-hydrogen) atoms. The number of likely N-dealkylation sites (tertiary alicyclic amines) is 1. The molecule has 0 radical (unpaired) electrons. The summed E-state index contributed by atoms with van der Waals surface area (Å²) in [7, 11) is 0.803. The number of methoxy groups -OCH3 is 1. The third-order valence-electron chi connectivity index (χ3n) is 6.00. The van der Waals surface area contributed by atoms with Crippen molar-refractivity contribution in [3.63, 3.8) is 0 Å². The van der Waals surface area contributed by atoms with Crippen molar-refractivity contribution in [2.24, 2.45) is 5.92 Å². The van der Waals surface area contributed by atoms with Gasteiger partial charge in [0.15, 0.2) is 0 Å². The summed E-state index contributed by atoms with van der Waals surface area (Å²) in [4.78, 5) is 3.43. The highest BCUT2D eigenvalue weighted by molar-refractivity contribution is 7.85. The largest absolute Gasteiger partial charge is 0.381 e. The van der Waals surface area contributed by atoms with Gasteiger partial charge < -0.3 is 9.64 Å². The molecular weight excluding hydrogens is 378 g/mol. The fourth-order valence-electron chi connectivity index (χ4n) is 4.41. The van der Waals surface area contributed by atoms with Gasteiger partial charge >= 0.3 is 0 Å². The standard InChI is InChI=1S/C25H29NO2S/c1-28-25-15-17-26(18-22(25)19-29(27)23-11-3-2-4-12-23)16-14-21-10-7-9-20-8-5-6-13-24(20)21/h2-13,22,25H,14-19H2,1H3. The van der Waals surface area contributed by atoms with Crippen molar-refractivity contribution in [3.05, 3.63) is 78.4 Å². The van der Waals surface area contributed by atoms with Crippen molar-refractivity contribution in [1.29, 1.82) is 0 Å². The number of hydrogen-bond donors (Lipinski definition) is 0. The van der Waals surface area contributed by atoms with Gasteiger partial charge in [0, 0.05) is 43.3 Å². The number of rotatable bonds is 7. The third kappa shape index (κ3) is 4.95. The third-order valence-corrected chi connectivity index (χ3v) is 7.53. The predicted octanol–water partition coefficient (Wildman–Crippen LogP) is 4.53.